The number of amides is 2. The summed E-state index contributed by atoms with van der Waals surface area (Å²) in [6.07, 6.45) is 3.67. The van der Waals surface area contributed by atoms with Gasteiger partial charge in [-0.05, 0) is 36.6 Å². The van der Waals surface area contributed by atoms with E-state index in [4.69, 9.17) is 0 Å². The van der Waals surface area contributed by atoms with Gasteiger partial charge in [0.1, 0.15) is 5.82 Å². The van der Waals surface area contributed by atoms with E-state index in [-0.39, 0.29) is 29.8 Å². The summed E-state index contributed by atoms with van der Waals surface area (Å²) in [7, 11) is 3.75. The van der Waals surface area contributed by atoms with Gasteiger partial charge in [0.25, 0.3) is 0 Å². The van der Waals surface area contributed by atoms with Crippen molar-refractivity contribution in [3.05, 3.63) is 53.6 Å². The van der Waals surface area contributed by atoms with E-state index in [9.17, 15) is 9.18 Å². The topological polar surface area (TPSA) is 41.4 Å². The van der Waals surface area contributed by atoms with Crippen LogP contribution in [0.3, 0.4) is 0 Å². The van der Waals surface area contributed by atoms with Gasteiger partial charge in [-0.1, -0.05) is 12.1 Å². The maximum absolute atomic E-state index is 13.6. The maximum atomic E-state index is 13.6. The van der Waals surface area contributed by atoms with Crippen molar-refractivity contribution in [3.8, 4) is 0 Å². The van der Waals surface area contributed by atoms with Gasteiger partial charge in [-0.25, -0.2) is 9.18 Å². The first-order valence-electron chi connectivity index (χ1n) is 8.32. The van der Waals surface area contributed by atoms with E-state index in [0.29, 0.717) is 6.54 Å². The first-order valence-corrected chi connectivity index (χ1v) is 8.32. The molecule has 2 aliphatic rings. The Kier molecular flexibility index (Phi) is 3.55. The monoisotopic (exact) mass is 328 g/mol. The Hall–Kier alpha value is -2.37. The zero-order valence-corrected chi connectivity index (χ0v) is 13.9. The number of benzene rings is 1. The Morgan fingerprint density at radius 1 is 1.25 bits per heavy atom. The molecule has 1 aliphatic heterocycles. The van der Waals surface area contributed by atoms with Crippen molar-refractivity contribution < 1.29 is 9.18 Å². The van der Waals surface area contributed by atoms with Crippen LogP contribution < -0.4 is 0 Å². The highest BCUT2D eigenvalue weighted by molar-refractivity contribution is 5.78. The summed E-state index contributed by atoms with van der Waals surface area (Å²) in [6.45, 7) is 0.566. The Morgan fingerprint density at radius 3 is 2.79 bits per heavy atom. The molecule has 2 aromatic rings. The lowest BCUT2D eigenvalue weighted by atomic mass is 9.93. The van der Waals surface area contributed by atoms with Gasteiger partial charge in [-0.2, -0.15) is 5.10 Å². The van der Waals surface area contributed by atoms with Gasteiger partial charge in [0.15, 0.2) is 0 Å². The number of hydrogen-bond acceptors (Lipinski definition) is 2. The number of urea groups is 1. The zero-order chi connectivity index (χ0) is 16.8. The van der Waals surface area contributed by atoms with Gasteiger partial charge in [0.2, 0.25) is 0 Å². The van der Waals surface area contributed by atoms with Gasteiger partial charge in [-0.3, -0.25) is 4.68 Å². The van der Waals surface area contributed by atoms with Crippen molar-refractivity contribution in [1.29, 1.82) is 0 Å². The molecule has 0 unspecified atom stereocenters. The lowest BCUT2D eigenvalue weighted by Crippen LogP contribution is -2.34. The van der Waals surface area contributed by atoms with Gasteiger partial charge in [0.05, 0.1) is 24.3 Å². The number of likely N-dealkylation sites (N-methyl/N-ethyl adjacent to an activating group) is 1. The predicted molar refractivity (Wildman–Crippen MR) is 87.9 cm³/mol. The van der Waals surface area contributed by atoms with Gasteiger partial charge >= 0.3 is 6.03 Å². The molecule has 2 amide bonds. The number of carbonyl (C=O) groups excluding carboxylic acids is 1. The lowest BCUT2D eigenvalue weighted by Gasteiger charge is -2.24. The van der Waals surface area contributed by atoms with Crippen molar-refractivity contribution >= 4 is 6.03 Å². The highest BCUT2D eigenvalue weighted by Crippen LogP contribution is 2.44. The number of carbonyl (C=O) groups is 1. The van der Waals surface area contributed by atoms with Crippen molar-refractivity contribution in [2.24, 2.45) is 7.05 Å². The van der Waals surface area contributed by atoms with E-state index in [1.807, 2.05) is 36.0 Å². The van der Waals surface area contributed by atoms with E-state index >= 15 is 0 Å². The molecule has 1 aromatic carbocycles. The fourth-order valence-electron chi connectivity index (χ4n) is 4.32. The summed E-state index contributed by atoms with van der Waals surface area (Å²) >= 11 is 0. The number of fused-ring (bicyclic) bond motifs is 1. The average molecular weight is 328 g/mol. The SMILES string of the molecule is CN1C(=O)N(Cc2ccnn2C)[C@H]2CC[C@@H](c3cccc(F)c3)[C@H]21. The third-order valence-corrected chi connectivity index (χ3v) is 5.51. The molecule has 24 heavy (non-hydrogen) atoms. The normalized spacial score (nSPS) is 26.3. The predicted octanol–water partition coefficient (Wildman–Crippen LogP) is 2.74. The second kappa shape index (κ2) is 5.61. The molecule has 1 aliphatic carbocycles. The number of hydrogen-bond donors (Lipinski definition) is 0. The summed E-state index contributed by atoms with van der Waals surface area (Å²) in [5.41, 5.74) is 2.01. The van der Waals surface area contributed by atoms with E-state index in [2.05, 4.69) is 5.10 Å². The highest BCUT2D eigenvalue weighted by atomic mass is 19.1. The van der Waals surface area contributed by atoms with Crippen LogP contribution in [-0.2, 0) is 13.6 Å². The van der Waals surface area contributed by atoms with Gasteiger partial charge < -0.3 is 9.80 Å². The minimum atomic E-state index is -0.213. The van der Waals surface area contributed by atoms with Crippen LogP contribution in [-0.4, -0.2) is 44.7 Å². The van der Waals surface area contributed by atoms with Crippen LogP contribution >= 0.6 is 0 Å². The minimum Gasteiger partial charge on any atom is -0.322 e. The molecule has 1 saturated heterocycles. The second-order valence-electron chi connectivity index (χ2n) is 6.76. The first kappa shape index (κ1) is 15.2. The number of nitrogens with zero attached hydrogens (tertiary/aromatic N) is 4. The van der Waals surface area contributed by atoms with Crippen molar-refractivity contribution in [3.63, 3.8) is 0 Å². The van der Waals surface area contributed by atoms with E-state index in [1.54, 1.807) is 23.0 Å². The van der Waals surface area contributed by atoms with Crippen molar-refractivity contribution in [1.82, 2.24) is 19.6 Å². The molecule has 1 aromatic heterocycles. The molecule has 2 heterocycles. The third-order valence-electron chi connectivity index (χ3n) is 5.51. The molecule has 3 atom stereocenters. The largest absolute Gasteiger partial charge is 0.322 e. The van der Waals surface area contributed by atoms with Gasteiger partial charge in [-0.15, -0.1) is 0 Å². The number of halogens is 1. The van der Waals surface area contributed by atoms with Crippen LogP contribution in [0.25, 0.3) is 0 Å². The number of rotatable bonds is 3. The smallest absolute Gasteiger partial charge is 0.320 e. The Morgan fingerprint density at radius 2 is 2.08 bits per heavy atom. The average Bonchev–Trinajstić information content (AvgIpc) is 3.22. The minimum absolute atomic E-state index is 0.0484. The molecular weight excluding hydrogens is 307 g/mol. The van der Waals surface area contributed by atoms with Crippen molar-refractivity contribution in [2.75, 3.05) is 7.05 Å². The Bertz CT molecular complexity index is 774. The summed E-state index contributed by atoms with van der Waals surface area (Å²) in [5.74, 6) is -0.0224. The molecule has 126 valence electrons. The standard InChI is InChI=1S/C18H21FN4O/c1-21-17-15(12-4-3-5-13(19)10-12)6-7-16(17)23(18(21)24)11-14-8-9-20-22(14)2/h3-5,8-10,15-17H,6-7,11H2,1-2H3/t15-,16-,17+/m0/s1. The second-order valence-corrected chi connectivity index (χ2v) is 6.76. The van der Waals surface area contributed by atoms with Crippen LogP contribution in [0.1, 0.15) is 30.0 Å². The van der Waals surface area contributed by atoms with Crippen molar-refractivity contribution in [2.45, 2.75) is 37.4 Å². The highest BCUT2D eigenvalue weighted by Gasteiger charge is 2.51. The first-order chi connectivity index (χ1) is 11.6. The van der Waals surface area contributed by atoms with E-state index in [1.165, 1.54) is 6.07 Å². The van der Waals surface area contributed by atoms with Crippen LogP contribution in [0, 0.1) is 5.82 Å². The Balaban J connectivity index is 1.61. The number of aryl methyl sites for hydroxylation is 1. The van der Waals surface area contributed by atoms with Crippen LogP contribution in [0.15, 0.2) is 36.5 Å². The molecule has 0 radical (unpaired) electrons. The maximum Gasteiger partial charge on any atom is 0.320 e. The van der Waals surface area contributed by atoms with Crippen LogP contribution in [0.2, 0.25) is 0 Å². The molecule has 0 spiro atoms. The zero-order valence-electron chi connectivity index (χ0n) is 13.9. The fourth-order valence-corrected chi connectivity index (χ4v) is 4.32. The van der Waals surface area contributed by atoms with E-state index < -0.39 is 0 Å². The molecule has 0 N–H and O–H groups in total. The summed E-state index contributed by atoms with van der Waals surface area (Å²) in [6, 6.07) is 9.06. The van der Waals surface area contributed by atoms with E-state index in [0.717, 1.165) is 24.1 Å². The van der Waals surface area contributed by atoms with Gasteiger partial charge in [0, 0.05) is 26.2 Å². The third kappa shape index (κ3) is 2.28. The Labute approximate surface area is 140 Å². The lowest BCUT2D eigenvalue weighted by molar-refractivity contribution is 0.183. The molecule has 4 rings (SSSR count). The summed E-state index contributed by atoms with van der Waals surface area (Å²) in [5, 5.41) is 4.18. The van der Waals surface area contributed by atoms with Crippen LogP contribution in [0.4, 0.5) is 9.18 Å². The molecular formula is C18H21FN4O. The molecule has 1 saturated carbocycles. The summed E-state index contributed by atoms with van der Waals surface area (Å²) in [4.78, 5) is 16.5. The number of aromatic nitrogens is 2. The molecule has 2 fully saturated rings. The fraction of sp³-hybridized carbons (Fsp3) is 0.444. The molecule has 0 bridgehead atoms. The quantitative estimate of drug-likeness (QED) is 0.869. The molecule has 5 nitrogen and oxygen atoms in total. The summed E-state index contributed by atoms with van der Waals surface area (Å²) < 4.78 is 15.4. The van der Waals surface area contributed by atoms with Crippen LogP contribution in [0.5, 0.6) is 0 Å². The molecule has 6 heteroatoms.